The molecule has 31 heavy (non-hydrogen) atoms. The molecule has 2 heterocycles. The normalized spacial score (nSPS) is 18.3. The van der Waals surface area contributed by atoms with Gasteiger partial charge in [-0.1, -0.05) is 47.5 Å². The van der Waals surface area contributed by atoms with Crippen LogP contribution < -0.4 is 10.6 Å². The van der Waals surface area contributed by atoms with Gasteiger partial charge in [0.05, 0.1) is 12.2 Å². The first-order chi connectivity index (χ1) is 14.6. The number of carbonyl (C=O) groups excluding carboxylic acids is 1. The summed E-state index contributed by atoms with van der Waals surface area (Å²) in [6.45, 7) is 3.74. The molecule has 162 valence electrons. The molecule has 0 saturated heterocycles. The van der Waals surface area contributed by atoms with Gasteiger partial charge in [0.2, 0.25) is 0 Å². The third-order valence-corrected chi connectivity index (χ3v) is 5.80. The number of nitrogens with zero attached hydrogens (tertiary/aromatic N) is 2. The maximum Gasteiger partial charge on any atom is 0.410 e. The van der Waals surface area contributed by atoms with E-state index in [1.54, 1.807) is 30.3 Å². The van der Waals surface area contributed by atoms with Crippen molar-refractivity contribution in [2.24, 2.45) is 0 Å². The molecule has 2 aromatic carbocycles. The summed E-state index contributed by atoms with van der Waals surface area (Å²) in [4.78, 5) is 12.9. The summed E-state index contributed by atoms with van der Waals surface area (Å²) in [6, 6.07) is 9.84. The SMILES string of the molecule is Cc1ccc([C@H]2C[C@H](C(F)(F)F)n3ncc(C(=O)Nc4ccc(C)c(Cl)c4)c3N2)cc1. The number of halogens is 4. The van der Waals surface area contributed by atoms with Crippen molar-refractivity contribution in [3.63, 3.8) is 0 Å². The van der Waals surface area contributed by atoms with Crippen LogP contribution in [0.15, 0.2) is 48.7 Å². The third kappa shape index (κ3) is 4.25. The average molecular weight is 449 g/mol. The van der Waals surface area contributed by atoms with E-state index < -0.39 is 24.2 Å². The molecule has 1 aliphatic heterocycles. The summed E-state index contributed by atoms with van der Waals surface area (Å²) in [5.74, 6) is -0.533. The van der Waals surface area contributed by atoms with Crippen LogP contribution in [-0.2, 0) is 0 Å². The van der Waals surface area contributed by atoms with E-state index in [0.717, 1.165) is 22.0 Å². The maximum atomic E-state index is 13.8. The van der Waals surface area contributed by atoms with Gasteiger partial charge in [-0.15, -0.1) is 0 Å². The Kier molecular flexibility index (Phi) is 5.43. The Morgan fingerprint density at radius 1 is 1.19 bits per heavy atom. The second-order valence-corrected chi connectivity index (χ2v) is 8.08. The molecule has 3 aromatic rings. The average Bonchev–Trinajstić information content (AvgIpc) is 3.14. The minimum Gasteiger partial charge on any atom is -0.363 e. The molecule has 1 aliphatic rings. The Morgan fingerprint density at radius 2 is 1.90 bits per heavy atom. The standard InChI is InChI=1S/C22H20ClF3N4O/c1-12-3-6-14(7-4-12)18-10-19(22(24,25)26)30-20(29-18)16(11-27-30)21(31)28-15-8-5-13(2)17(23)9-15/h3-9,11,18-19,29H,10H2,1-2H3,(H,28,31)/t18-,19-/m1/s1. The summed E-state index contributed by atoms with van der Waals surface area (Å²) < 4.78 is 42.3. The number of carbonyl (C=O) groups is 1. The van der Waals surface area contributed by atoms with Crippen molar-refractivity contribution in [3.8, 4) is 0 Å². The van der Waals surface area contributed by atoms with Crippen LogP contribution in [0.4, 0.5) is 24.7 Å². The Labute approximate surface area is 182 Å². The van der Waals surface area contributed by atoms with Crippen molar-refractivity contribution < 1.29 is 18.0 Å². The molecular weight excluding hydrogens is 429 g/mol. The van der Waals surface area contributed by atoms with E-state index in [2.05, 4.69) is 15.7 Å². The molecule has 0 saturated carbocycles. The van der Waals surface area contributed by atoms with Crippen LogP contribution in [-0.4, -0.2) is 21.9 Å². The molecule has 0 fully saturated rings. The van der Waals surface area contributed by atoms with Crippen molar-refractivity contribution in [2.75, 3.05) is 10.6 Å². The molecule has 2 atom stereocenters. The van der Waals surface area contributed by atoms with Crippen LogP contribution >= 0.6 is 11.6 Å². The number of amides is 1. The van der Waals surface area contributed by atoms with Gasteiger partial charge in [-0.05, 0) is 37.1 Å². The number of fused-ring (bicyclic) bond motifs is 1. The Balaban J connectivity index is 1.68. The second-order valence-electron chi connectivity index (χ2n) is 7.67. The van der Waals surface area contributed by atoms with E-state index in [1.807, 2.05) is 26.0 Å². The highest BCUT2D eigenvalue weighted by molar-refractivity contribution is 6.31. The van der Waals surface area contributed by atoms with E-state index in [0.29, 0.717) is 16.3 Å². The van der Waals surface area contributed by atoms with Gasteiger partial charge in [-0.2, -0.15) is 18.3 Å². The lowest BCUT2D eigenvalue weighted by molar-refractivity contribution is -0.173. The lowest BCUT2D eigenvalue weighted by atomic mass is 9.96. The van der Waals surface area contributed by atoms with Crippen LogP contribution in [0.1, 0.15) is 45.6 Å². The number of aryl methyl sites for hydroxylation is 2. The fourth-order valence-electron chi connectivity index (χ4n) is 3.62. The van der Waals surface area contributed by atoms with Gasteiger partial charge < -0.3 is 10.6 Å². The lowest BCUT2D eigenvalue weighted by Gasteiger charge is -2.34. The predicted octanol–water partition coefficient (Wildman–Crippen LogP) is 6.07. The largest absolute Gasteiger partial charge is 0.410 e. The fourth-order valence-corrected chi connectivity index (χ4v) is 3.80. The molecule has 9 heteroatoms. The molecule has 0 radical (unpaired) electrons. The number of aromatic nitrogens is 2. The quantitative estimate of drug-likeness (QED) is 0.511. The first-order valence-corrected chi connectivity index (χ1v) is 10.1. The van der Waals surface area contributed by atoms with Crippen LogP contribution in [0.25, 0.3) is 0 Å². The molecular formula is C22H20ClF3N4O. The fraction of sp³-hybridized carbons (Fsp3) is 0.273. The van der Waals surface area contributed by atoms with E-state index in [-0.39, 0.29) is 17.8 Å². The van der Waals surface area contributed by atoms with Crippen molar-refractivity contribution >= 4 is 29.0 Å². The molecule has 4 rings (SSSR count). The van der Waals surface area contributed by atoms with Crippen LogP contribution in [0, 0.1) is 13.8 Å². The number of hydrogen-bond acceptors (Lipinski definition) is 3. The molecule has 0 spiro atoms. The highest BCUT2D eigenvalue weighted by Crippen LogP contribution is 2.44. The first-order valence-electron chi connectivity index (χ1n) is 9.68. The van der Waals surface area contributed by atoms with Crippen molar-refractivity contribution in [3.05, 3.63) is 75.9 Å². The second kappa shape index (κ2) is 7.92. The van der Waals surface area contributed by atoms with Crippen molar-refractivity contribution in [1.29, 1.82) is 0 Å². The first kappa shape index (κ1) is 21.2. The van der Waals surface area contributed by atoms with Gasteiger partial charge in [-0.3, -0.25) is 4.79 Å². The Hall–Kier alpha value is -3.00. The minimum absolute atomic E-state index is 0.0303. The number of anilines is 2. The predicted molar refractivity (Wildman–Crippen MR) is 114 cm³/mol. The molecule has 2 N–H and O–H groups in total. The zero-order chi connectivity index (χ0) is 22.3. The highest BCUT2D eigenvalue weighted by Gasteiger charge is 2.47. The van der Waals surface area contributed by atoms with E-state index in [9.17, 15) is 18.0 Å². The van der Waals surface area contributed by atoms with Gasteiger partial charge in [0.15, 0.2) is 6.04 Å². The number of hydrogen-bond donors (Lipinski definition) is 2. The number of nitrogens with one attached hydrogen (secondary N) is 2. The van der Waals surface area contributed by atoms with E-state index in [4.69, 9.17) is 11.6 Å². The van der Waals surface area contributed by atoms with Gasteiger partial charge in [-0.25, -0.2) is 4.68 Å². The zero-order valence-corrected chi connectivity index (χ0v) is 17.6. The lowest BCUT2D eigenvalue weighted by Crippen LogP contribution is -2.36. The summed E-state index contributed by atoms with van der Waals surface area (Å²) in [6.07, 6.45) is -3.58. The van der Waals surface area contributed by atoms with Crippen LogP contribution in [0.3, 0.4) is 0 Å². The number of alkyl halides is 3. The van der Waals surface area contributed by atoms with Crippen molar-refractivity contribution in [2.45, 2.75) is 38.5 Å². The van der Waals surface area contributed by atoms with Gasteiger partial charge in [0.25, 0.3) is 5.91 Å². The van der Waals surface area contributed by atoms with Crippen LogP contribution in [0.5, 0.6) is 0 Å². The zero-order valence-electron chi connectivity index (χ0n) is 16.8. The van der Waals surface area contributed by atoms with E-state index in [1.165, 1.54) is 0 Å². The number of rotatable bonds is 3. The summed E-state index contributed by atoms with van der Waals surface area (Å²) in [5.41, 5.74) is 3.04. The van der Waals surface area contributed by atoms with Crippen LogP contribution in [0.2, 0.25) is 5.02 Å². The summed E-state index contributed by atoms with van der Waals surface area (Å²) >= 11 is 6.10. The van der Waals surface area contributed by atoms with Gasteiger partial charge in [0.1, 0.15) is 11.4 Å². The topological polar surface area (TPSA) is 59.0 Å². The Bertz CT molecular complexity index is 1120. The molecule has 0 bridgehead atoms. The van der Waals surface area contributed by atoms with E-state index >= 15 is 0 Å². The third-order valence-electron chi connectivity index (χ3n) is 5.39. The molecule has 1 amide bonds. The number of benzene rings is 2. The molecule has 5 nitrogen and oxygen atoms in total. The Morgan fingerprint density at radius 3 is 2.55 bits per heavy atom. The van der Waals surface area contributed by atoms with Gasteiger partial charge >= 0.3 is 6.18 Å². The summed E-state index contributed by atoms with van der Waals surface area (Å²) in [5, 5.41) is 10.1. The highest BCUT2D eigenvalue weighted by atomic mass is 35.5. The molecule has 0 aliphatic carbocycles. The smallest absolute Gasteiger partial charge is 0.363 e. The maximum absolute atomic E-state index is 13.8. The summed E-state index contributed by atoms with van der Waals surface area (Å²) in [7, 11) is 0. The van der Waals surface area contributed by atoms with Crippen molar-refractivity contribution in [1.82, 2.24) is 9.78 Å². The minimum atomic E-state index is -4.51. The molecule has 0 unspecified atom stereocenters. The monoisotopic (exact) mass is 448 g/mol. The van der Waals surface area contributed by atoms with Gasteiger partial charge in [0, 0.05) is 17.1 Å². The molecule has 1 aromatic heterocycles.